The number of nitrogens with zero attached hydrogens (tertiary/aromatic N) is 1. The van der Waals surface area contributed by atoms with Gasteiger partial charge >= 0.3 is 6.09 Å². The van der Waals surface area contributed by atoms with E-state index in [0.717, 1.165) is 4.90 Å². The fourth-order valence-corrected chi connectivity index (χ4v) is 3.03. The number of benzene rings is 1. The molecule has 0 aliphatic carbocycles. The summed E-state index contributed by atoms with van der Waals surface area (Å²) in [4.78, 5) is 26.0. The van der Waals surface area contributed by atoms with Crippen LogP contribution in [0.3, 0.4) is 0 Å². The summed E-state index contributed by atoms with van der Waals surface area (Å²) in [6.07, 6.45) is -3.59. The van der Waals surface area contributed by atoms with Gasteiger partial charge < -0.3 is 14.8 Å². The normalized spacial score (nSPS) is 23.0. The Morgan fingerprint density at radius 1 is 1.35 bits per heavy atom. The zero-order valence-corrected chi connectivity index (χ0v) is 16.5. The molecule has 0 radical (unpaired) electrons. The molecule has 2 rings (SSSR count). The highest BCUT2D eigenvalue weighted by Gasteiger charge is 2.50. The van der Waals surface area contributed by atoms with Crippen molar-refractivity contribution in [1.29, 1.82) is 0 Å². The van der Waals surface area contributed by atoms with Gasteiger partial charge in [0, 0.05) is 7.11 Å². The summed E-state index contributed by atoms with van der Waals surface area (Å²) in [5.41, 5.74) is -0.906. The summed E-state index contributed by atoms with van der Waals surface area (Å²) in [6.45, 7) is 4.63. The Kier molecular flexibility index (Phi) is 6.23. The summed E-state index contributed by atoms with van der Waals surface area (Å²) in [6, 6.07) is 3.08. The van der Waals surface area contributed by atoms with E-state index >= 15 is 0 Å². The van der Waals surface area contributed by atoms with Crippen LogP contribution in [0.5, 0.6) is 0 Å². The molecule has 1 heterocycles. The molecule has 0 bridgehead atoms. The number of nitrogens with one attached hydrogen (secondary N) is 1. The van der Waals surface area contributed by atoms with Crippen LogP contribution in [0.15, 0.2) is 22.7 Å². The van der Waals surface area contributed by atoms with E-state index < -0.39 is 41.7 Å². The predicted molar refractivity (Wildman–Crippen MR) is 95.2 cm³/mol. The van der Waals surface area contributed by atoms with E-state index in [9.17, 15) is 18.4 Å². The van der Waals surface area contributed by atoms with E-state index in [1.165, 1.54) is 25.3 Å². The molecule has 1 aliphatic rings. The Labute approximate surface area is 158 Å². The van der Waals surface area contributed by atoms with Gasteiger partial charge in [-0.15, -0.1) is 0 Å². The molecule has 1 aliphatic heterocycles. The van der Waals surface area contributed by atoms with Crippen molar-refractivity contribution in [3.05, 3.63) is 28.5 Å². The van der Waals surface area contributed by atoms with E-state index in [0.29, 0.717) is 0 Å². The number of methoxy groups -OCH3 is 1. The average Bonchev–Trinajstić information content (AvgIpc) is 2.87. The Bertz CT molecular complexity index is 696. The zero-order chi connectivity index (χ0) is 19.6. The minimum absolute atomic E-state index is 0.0920. The smallest absolute Gasteiger partial charge is 0.411 e. The number of ether oxygens (including phenoxy) is 2. The van der Waals surface area contributed by atoms with Crippen molar-refractivity contribution in [2.24, 2.45) is 0 Å². The molecule has 3 atom stereocenters. The first-order chi connectivity index (χ1) is 12.0. The van der Waals surface area contributed by atoms with Crippen molar-refractivity contribution < 1.29 is 27.8 Å². The Hall–Kier alpha value is -1.74. The number of halogens is 3. The highest BCUT2D eigenvalue weighted by Crippen LogP contribution is 2.28. The first-order valence-electron chi connectivity index (χ1n) is 7.96. The number of hydrogen-bond acceptors (Lipinski definition) is 4. The van der Waals surface area contributed by atoms with Gasteiger partial charge in [-0.05, 0) is 48.8 Å². The maximum atomic E-state index is 14.3. The van der Waals surface area contributed by atoms with Gasteiger partial charge in [0.15, 0.2) is 5.82 Å². The van der Waals surface area contributed by atoms with Crippen LogP contribution in [0.25, 0.3) is 0 Å². The van der Waals surface area contributed by atoms with Gasteiger partial charge in [0.25, 0.3) is 0 Å². The molecule has 0 saturated carbocycles. The maximum Gasteiger partial charge on any atom is 0.411 e. The summed E-state index contributed by atoms with van der Waals surface area (Å²) in [7, 11) is 1.25. The summed E-state index contributed by atoms with van der Waals surface area (Å²) >= 11 is 3.03. The van der Waals surface area contributed by atoms with E-state index in [1.54, 1.807) is 20.8 Å². The molecular weight excluding hydrogens is 414 g/mol. The van der Waals surface area contributed by atoms with Crippen LogP contribution < -0.4 is 5.32 Å². The molecule has 144 valence electrons. The lowest BCUT2D eigenvalue weighted by atomic mass is 10.1. The van der Waals surface area contributed by atoms with E-state index in [-0.39, 0.29) is 16.7 Å². The van der Waals surface area contributed by atoms with E-state index in [1.807, 2.05) is 0 Å². The van der Waals surface area contributed by atoms with Crippen molar-refractivity contribution >= 4 is 33.6 Å². The molecular formula is C17H21BrF2N2O4. The molecule has 1 saturated heterocycles. The third-order valence-electron chi connectivity index (χ3n) is 3.75. The number of anilines is 1. The topological polar surface area (TPSA) is 67.9 Å². The molecule has 1 N–H and O–H groups in total. The van der Waals surface area contributed by atoms with E-state index in [4.69, 9.17) is 9.47 Å². The van der Waals surface area contributed by atoms with Gasteiger partial charge in [0.2, 0.25) is 5.91 Å². The van der Waals surface area contributed by atoms with Crippen LogP contribution in [-0.4, -0.2) is 54.5 Å². The molecule has 2 amide bonds. The fourth-order valence-electron chi connectivity index (χ4n) is 2.66. The van der Waals surface area contributed by atoms with Gasteiger partial charge in [0.05, 0.1) is 16.7 Å². The summed E-state index contributed by atoms with van der Waals surface area (Å²) in [5, 5.41) is 2.39. The van der Waals surface area contributed by atoms with Crippen molar-refractivity contribution in [2.75, 3.05) is 19.0 Å². The molecule has 1 aromatic rings. The lowest BCUT2D eigenvalue weighted by molar-refractivity contribution is -0.124. The van der Waals surface area contributed by atoms with Crippen LogP contribution in [0.1, 0.15) is 20.8 Å². The fraction of sp³-hybridized carbons (Fsp3) is 0.529. The second-order valence-electron chi connectivity index (χ2n) is 6.88. The summed E-state index contributed by atoms with van der Waals surface area (Å²) in [5.74, 6) is -1.44. The molecule has 0 unspecified atom stereocenters. The molecule has 0 aromatic heterocycles. The van der Waals surface area contributed by atoms with Crippen molar-refractivity contribution in [3.8, 4) is 0 Å². The zero-order valence-electron chi connectivity index (χ0n) is 14.9. The first-order valence-corrected chi connectivity index (χ1v) is 8.76. The van der Waals surface area contributed by atoms with E-state index in [2.05, 4.69) is 21.2 Å². The van der Waals surface area contributed by atoms with Crippen molar-refractivity contribution in [1.82, 2.24) is 4.90 Å². The van der Waals surface area contributed by atoms with Gasteiger partial charge in [-0.3, -0.25) is 9.69 Å². The molecule has 1 aromatic carbocycles. The number of rotatable bonds is 3. The number of carbonyl (C=O) groups is 2. The maximum absolute atomic E-state index is 14.3. The minimum Gasteiger partial charge on any atom is -0.444 e. The molecule has 26 heavy (non-hydrogen) atoms. The second kappa shape index (κ2) is 7.87. The van der Waals surface area contributed by atoms with Gasteiger partial charge in [-0.25, -0.2) is 13.6 Å². The van der Waals surface area contributed by atoms with Crippen LogP contribution in [0.4, 0.5) is 19.3 Å². The minimum atomic E-state index is -1.57. The number of amides is 2. The highest BCUT2D eigenvalue weighted by molar-refractivity contribution is 9.10. The number of likely N-dealkylation sites (tertiary alicyclic amines) is 1. The Morgan fingerprint density at radius 2 is 2.00 bits per heavy atom. The molecule has 6 nitrogen and oxygen atoms in total. The predicted octanol–water partition coefficient (Wildman–Crippen LogP) is 3.50. The quantitative estimate of drug-likeness (QED) is 0.790. The lowest BCUT2D eigenvalue weighted by Gasteiger charge is -2.29. The Balaban J connectivity index is 2.26. The monoisotopic (exact) mass is 434 g/mol. The molecule has 1 fully saturated rings. The third kappa shape index (κ3) is 4.50. The van der Waals surface area contributed by atoms with Crippen LogP contribution in [0, 0.1) is 5.82 Å². The Morgan fingerprint density at radius 3 is 2.58 bits per heavy atom. The largest absolute Gasteiger partial charge is 0.444 e. The third-order valence-corrected chi connectivity index (χ3v) is 4.37. The van der Waals surface area contributed by atoms with Crippen LogP contribution in [-0.2, 0) is 14.3 Å². The van der Waals surface area contributed by atoms with Crippen molar-refractivity contribution in [2.45, 2.75) is 44.7 Å². The van der Waals surface area contributed by atoms with Gasteiger partial charge in [-0.1, -0.05) is 6.07 Å². The number of alkyl halides is 1. The second-order valence-corrected chi connectivity index (χ2v) is 7.74. The first kappa shape index (κ1) is 20.6. The van der Waals surface area contributed by atoms with Gasteiger partial charge in [0.1, 0.15) is 23.9 Å². The molecule has 9 heteroatoms. The highest BCUT2D eigenvalue weighted by atomic mass is 79.9. The van der Waals surface area contributed by atoms with Crippen LogP contribution >= 0.6 is 15.9 Å². The standard InChI is InChI=1S/C17H21BrF2N2O4/c1-17(2,3)26-16(24)22-8-10(19)14(25-4)13(22)15(23)21-11-7-5-6-9(18)12(11)20/h5-7,10,13-14H,8H2,1-4H3,(H,21,23)/t10-,13-,14+/m0/s1. The van der Waals surface area contributed by atoms with Crippen LogP contribution in [0.2, 0.25) is 0 Å². The average molecular weight is 435 g/mol. The molecule has 0 spiro atoms. The lowest BCUT2D eigenvalue weighted by Crippen LogP contribution is -2.49. The SMILES string of the molecule is CO[C@H]1[C@@H](C(=O)Nc2cccc(Br)c2F)N(C(=O)OC(C)(C)C)C[C@@H]1F. The van der Waals surface area contributed by atoms with Gasteiger partial charge in [-0.2, -0.15) is 0 Å². The van der Waals surface area contributed by atoms with Crippen molar-refractivity contribution in [3.63, 3.8) is 0 Å². The number of carbonyl (C=O) groups excluding carboxylic acids is 2. The number of hydrogen-bond donors (Lipinski definition) is 1. The summed E-state index contributed by atoms with van der Waals surface area (Å²) < 4.78 is 38.9.